The first-order valence-corrected chi connectivity index (χ1v) is 5.55. The predicted molar refractivity (Wildman–Crippen MR) is 59.9 cm³/mol. The fourth-order valence-corrected chi connectivity index (χ4v) is 1.46. The van der Waals surface area contributed by atoms with Gasteiger partial charge in [0, 0.05) is 6.54 Å². The summed E-state index contributed by atoms with van der Waals surface area (Å²) in [5.74, 6) is -0.909. The molecule has 0 saturated heterocycles. The maximum atomic E-state index is 11.2. The Bertz CT molecular complexity index is 362. The van der Waals surface area contributed by atoms with E-state index >= 15 is 0 Å². The van der Waals surface area contributed by atoms with Crippen LogP contribution in [0.5, 0.6) is 0 Å². The number of rotatable bonds is 6. The van der Waals surface area contributed by atoms with Gasteiger partial charge >= 0.3 is 5.97 Å². The summed E-state index contributed by atoms with van der Waals surface area (Å²) in [5.41, 5.74) is 4.48. The zero-order valence-electron chi connectivity index (χ0n) is 9.89. The fraction of sp³-hybridized carbons (Fsp3) is 0.636. The van der Waals surface area contributed by atoms with Crippen molar-refractivity contribution in [3.05, 3.63) is 18.7 Å². The van der Waals surface area contributed by atoms with Crippen LogP contribution in [-0.4, -0.2) is 22.2 Å². The maximum Gasteiger partial charge on any atom is 0.353 e. The first-order valence-electron chi connectivity index (χ1n) is 5.55. The van der Waals surface area contributed by atoms with E-state index in [1.807, 2.05) is 10.8 Å². The number of hydrogen-bond donors (Lipinski definition) is 2. The maximum absolute atomic E-state index is 11.2. The lowest BCUT2D eigenvalue weighted by molar-refractivity contribution is -0.697. The van der Waals surface area contributed by atoms with E-state index in [2.05, 4.69) is 6.92 Å². The Morgan fingerprint density at radius 3 is 2.81 bits per heavy atom. The summed E-state index contributed by atoms with van der Waals surface area (Å²) in [6.45, 7) is 4.73. The molecule has 5 nitrogen and oxygen atoms in total. The van der Waals surface area contributed by atoms with Gasteiger partial charge in [0.05, 0.1) is 6.54 Å². The molecule has 3 N–H and O–H groups in total. The van der Waals surface area contributed by atoms with E-state index in [0.717, 1.165) is 19.4 Å². The Balaban J connectivity index is 2.87. The summed E-state index contributed by atoms with van der Waals surface area (Å²) in [6.07, 6.45) is 7.64. The van der Waals surface area contributed by atoms with Crippen LogP contribution in [0.15, 0.2) is 18.7 Å². The van der Waals surface area contributed by atoms with Crippen LogP contribution in [0, 0.1) is 0 Å². The number of hydrogen-bond acceptors (Lipinski definition) is 2. The van der Waals surface area contributed by atoms with Crippen molar-refractivity contribution in [1.82, 2.24) is 4.57 Å². The van der Waals surface area contributed by atoms with Gasteiger partial charge in [0.1, 0.15) is 12.4 Å². The second-order valence-corrected chi connectivity index (χ2v) is 4.20. The third kappa shape index (κ3) is 2.41. The van der Waals surface area contributed by atoms with Crippen LogP contribution in [0.4, 0.5) is 0 Å². The Hall–Kier alpha value is -1.36. The lowest BCUT2D eigenvalue weighted by atomic mass is 10.0. The number of imidazole rings is 1. The van der Waals surface area contributed by atoms with Gasteiger partial charge in [-0.05, 0) is 13.3 Å². The van der Waals surface area contributed by atoms with Gasteiger partial charge in [0.2, 0.25) is 11.9 Å². The standard InChI is InChI=1S/C11H19N3O2/c1-3-4-5-13-6-7-14(9-13)11(2,8-12)10(15)16/h6-7,9H,3-5,8,12H2,1-2H3/p+1/t11-/m0/s1. The van der Waals surface area contributed by atoms with Gasteiger partial charge < -0.3 is 10.8 Å². The molecule has 90 valence electrons. The lowest BCUT2D eigenvalue weighted by Crippen LogP contribution is -2.46. The van der Waals surface area contributed by atoms with Crippen LogP contribution in [0.25, 0.3) is 0 Å². The highest BCUT2D eigenvalue weighted by Gasteiger charge is 2.38. The topological polar surface area (TPSA) is 72.1 Å². The molecule has 0 saturated carbocycles. The summed E-state index contributed by atoms with van der Waals surface area (Å²) in [4.78, 5) is 11.2. The van der Waals surface area contributed by atoms with Crippen molar-refractivity contribution in [2.45, 2.75) is 38.8 Å². The Labute approximate surface area is 95.5 Å². The molecule has 0 amide bonds. The number of carbonyl (C=O) groups is 1. The van der Waals surface area contributed by atoms with Crippen molar-refractivity contribution < 1.29 is 14.5 Å². The number of carboxylic acids is 1. The molecule has 0 radical (unpaired) electrons. The van der Waals surface area contributed by atoms with Crippen molar-refractivity contribution in [2.75, 3.05) is 6.54 Å². The summed E-state index contributed by atoms with van der Waals surface area (Å²) < 4.78 is 3.64. The summed E-state index contributed by atoms with van der Waals surface area (Å²) >= 11 is 0. The predicted octanol–water partition coefficient (Wildman–Crippen LogP) is 0.334. The summed E-state index contributed by atoms with van der Waals surface area (Å²) in [5, 5.41) is 9.16. The largest absolute Gasteiger partial charge is 0.478 e. The second kappa shape index (κ2) is 5.12. The van der Waals surface area contributed by atoms with E-state index in [1.165, 1.54) is 0 Å². The fourth-order valence-electron chi connectivity index (χ4n) is 1.46. The second-order valence-electron chi connectivity index (χ2n) is 4.20. The zero-order valence-corrected chi connectivity index (χ0v) is 9.89. The van der Waals surface area contributed by atoms with Crippen molar-refractivity contribution >= 4 is 5.97 Å². The smallest absolute Gasteiger partial charge is 0.353 e. The van der Waals surface area contributed by atoms with Crippen LogP contribution in [-0.2, 0) is 16.9 Å². The molecule has 1 aromatic heterocycles. The minimum atomic E-state index is -1.06. The number of carboxylic acid groups (broad SMARTS) is 1. The molecular formula is C11H20N3O2+. The van der Waals surface area contributed by atoms with E-state index < -0.39 is 11.5 Å². The Kier molecular flexibility index (Phi) is 4.06. The Morgan fingerprint density at radius 2 is 2.31 bits per heavy atom. The number of unbranched alkanes of at least 4 members (excludes halogenated alkanes) is 1. The molecule has 1 atom stereocenters. The van der Waals surface area contributed by atoms with E-state index in [9.17, 15) is 4.79 Å². The molecule has 0 aliphatic heterocycles. The monoisotopic (exact) mass is 226 g/mol. The van der Waals surface area contributed by atoms with E-state index in [-0.39, 0.29) is 6.54 Å². The number of nitrogens with zero attached hydrogens (tertiary/aromatic N) is 2. The average molecular weight is 226 g/mol. The van der Waals surface area contributed by atoms with Gasteiger partial charge in [-0.3, -0.25) is 0 Å². The van der Waals surface area contributed by atoms with Crippen molar-refractivity contribution in [3.8, 4) is 0 Å². The molecule has 1 heterocycles. The lowest BCUT2D eigenvalue weighted by Gasteiger charge is -2.18. The van der Waals surface area contributed by atoms with Crippen LogP contribution in [0.2, 0.25) is 0 Å². The van der Waals surface area contributed by atoms with E-state index in [1.54, 1.807) is 24.0 Å². The molecule has 0 aliphatic carbocycles. The van der Waals surface area contributed by atoms with Crippen LogP contribution < -0.4 is 10.3 Å². The average Bonchev–Trinajstić information content (AvgIpc) is 2.73. The minimum Gasteiger partial charge on any atom is -0.478 e. The minimum absolute atomic E-state index is 0.0742. The molecule has 0 aliphatic rings. The molecule has 1 aromatic rings. The zero-order chi connectivity index (χ0) is 12.2. The summed E-state index contributed by atoms with van der Waals surface area (Å²) in [7, 11) is 0. The SMILES string of the molecule is CCCC[n+]1ccn([C@@](C)(CN)C(=O)O)c1. The first kappa shape index (κ1) is 12.7. The number of aryl methyl sites for hydroxylation is 1. The van der Waals surface area contributed by atoms with Crippen LogP contribution in [0.1, 0.15) is 26.7 Å². The molecule has 0 spiro atoms. The number of aromatic nitrogens is 2. The van der Waals surface area contributed by atoms with Gasteiger partial charge in [0.25, 0.3) is 0 Å². The van der Waals surface area contributed by atoms with Gasteiger partial charge in [-0.25, -0.2) is 13.9 Å². The highest BCUT2D eigenvalue weighted by Crippen LogP contribution is 2.13. The van der Waals surface area contributed by atoms with Gasteiger partial charge in [-0.2, -0.15) is 0 Å². The van der Waals surface area contributed by atoms with Crippen molar-refractivity contribution in [2.24, 2.45) is 5.73 Å². The number of nitrogens with two attached hydrogens (primary N) is 1. The molecule has 1 rings (SSSR count). The first-order chi connectivity index (χ1) is 7.54. The van der Waals surface area contributed by atoms with Crippen molar-refractivity contribution in [1.29, 1.82) is 0 Å². The molecule has 0 bridgehead atoms. The summed E-state index contributed by atoms with van der Waals surface area (Å²) in [6, 6.07) is 0. The molecule has 5 heteroatoms. The molecule has 0 unspecified atom stereocenters. The number of aliphatic carboxylic acids is 1. The van der Waals surface area contributed by atoms with E-state index in [0.29, 0.717) is 0 Å². The van der Waals surface area contributed by atoms with Gasteiger partial charge in [0.15, 0.2) is 0 Å². The normalized spacial score (nSPS) is 14.7. The highest BCUT2D eigenvalue weighted by molar-refractivity contribution is 5.76. The van der Waals surface area contributed by atoms with Gasteiger partial charge in [-0.15, -0.1) is 0 Å². The van der Waals surface area contributed by atoms with Crippen molar-refractivity contribution in [3.63, 3.8) is 0 Å². The molecule has 0 aromatic carbocycles. The molecule has 16 heavy (non-hydrogen) atoms. The molecular weight excluding hydrogens is 206 g/mol. The van der Waals surface area contributed by atoms with Crippen LogP contribution >= 0.6 is 0 Å². The van der Waals surface area contributed by atoms with Crippen LogP contribution in [0.3, 0.4) is 0 Å². The Morgan fingerprint density at radius 1 is 1.62 bits per heavy atom. The third-order valence-corrected chi connectivity index (χ3v) is 2.89. The van der Waals surface area contributed by atoms with Gasteiger partial charge in [-0.1, -0.05) is 13.3 Å². The highest BCUT2D eigenvalue weighted by atomic mass is 16.4. The third-order valence-electron chi connectivity index (χ3n) is 2.89. The molecule has 0 fully saturated rings. The quantitative estimate of drug-likeness (QED) is 0.687. The van der Waals surface area contributed by atoms with E-state index in [4.69, 9.17) is 10.8 Å².